The largest absolute Gasteiger partial charge is 0.471 e. The van der Waals surface area contributed by atoms with Crippen LogP contribution in [0.25, 0.3) is 11.2 Å². The monoisotopic (exact) mass is 693 g/mol. The van der Waals surface area contributed by atoms with Crippen LogP contribution in [-0.4, -0.2) is 63.3 Å². The summed E-state index contributed by atoms with van der Waals surface area (Å²) in [6.07, 6.45) is -12.7. The highest BCUT2D eigenvalue weighted by molar-refractivity contribution is 5.99. The van der Waals surface area contributed by atoms with Gasteiger partial charge in [-0.3, -0.25) is 9.59 Å². The van der Waals surface area contributed by atoms with Crippen LogP contribution in [0, 0.1) is 11.3 Å². The molecule has 2 aromatic heterocycles. The first kappa shape index (κ1) is 36.8. The second-order valence-corrected chi connectivity index (χ2v) is 12.4. The molecule has 3 aromatic rings. The van der Waals surface area contributed by atoms with Gasteiger partial charge in [-0.1, -0.05) is 12.1 Å². The number of aliphatic hydroxyl groups excluding tert-OH is 1. The van der Waals surface area contributed by atoms with Crippen molar-refractivity contribution < 1.29 is 54.6 Å². The van der Waals surface area contributed by atoms with Gasteiger partial charge in [0.1, 0.15) is 16.9 Å². The predicted molar refractivity (Wildman–Crippen MR) is 156 cm³/mol. The van der Waals surface area contributed by atoms with Gasteiger partial charge in [0.25, 0.3) is 12.3 Å². The van der Waals surface area contributed by atoms with E-state index in [2.05, 4.69) is 20.6 Å². The SMILES string of the molecule is Cn1c(Cc2cc(CNC(=O)C(C)(C)CO)ccc2C(F)(F)F)nc2cc(C(=O)NC3CCC(C(F)(F)F)CC3)c(OCC(F)F)nc21. The molecular weight excluding hydrogens is 658 g/mol. The van der Waals surface area contributed by atoms with E-state index in [0.29, 0.717) is 5.56 Å². The maximum atomic E-state index is 14.0. The Hall–Kier alpha value is -4.02. The van der Waals surface area contributed by atoms with E-state index in [9.17, 15) is 49.8 Å². The number of ether oxygens (including phenoxy) is 1. The Morgan fingerprint density at radius 3 is 2.29 bits per heavy atom. The summed E-state index contributed by atoms with van der Waals surface area (Å²) in [6, 6.07) is 3.90. The van der Waals surface area contributed by atoms with Gasteiger partial charge >= 0.3 is 12.4 Å². The first-order valence-electron chi connectivity index (χ1n) is 15.0. The number of carbonyl (C=O) groups is 2. The molecule has 4 rings (SSSR count). The van der Waals surface area contributed by atoms with Crippen molar-refractivity contribution in [2.24, 2.45) is 18.4 Å². The lowest BCUT2D eigenvalue weighted by Crippen LogP contribution is -2.40. The number of nitrogens with zero attached hydrogens (tertiary/aromatic N) is 3. The molecule has 0 unspecified atom stereocenters. The number of hydrogen-bond acceptors (Lipinski definition) is 6. The molecular formula is C31H35F8N5O4. The maximum Gasteiger partial charge on any atom is 0.416 e. The zero-order valence-electron chi connectivity index (χ0n) is 26.2. The summed E-state index contributed by atoms with van der Waals surface area (Å²) in [7, 11) is 1.43. The maximum absolute atomic E-state index is 14.0. The van der Waals surface area contributed by atoms with Crippen molar-refractivity contribution >= 4 is 23.0 Å². The summed E-state index contributed by atoms with van der Waals surface area (Å²) in [5.74, 6) is -3.27. The fourth-order valence-corrected chi connectivity index (χ4v) is 5.39. The third-order valence-corrected chi connectivity index (χ3v) is 8.31. The van der Waals surface area contributed by atoms with E-state index in [1.54, 1.807) is 0 Å². The van der Waals surface area contributed by atoms with Crippen LogP contribution in [0.4, 0.5) is 35.1 Å². The third kappa shape index (κ3) is 8.71. The smallest absolute Gasteiger partial charge is 0.416 e. The first-order chi connectivity index (χ1) is 22.3. The Kier molecular flexibility index (Phi) is 10.9. The van der Waals surface area contributed by atoms with E-state index in [4.69, 9.17) is 4.74 Å². The minimum absolute atomic E-state index is 0.0136. The Labute approximate surface area is 270 Å². The molecule has 2 amide bonds. The van der Waals surface area contributed by atoms with Gasteiger partial charge in [0, 0.05) is 26.1 Å². The molecule has 264 valence electrons. The fourth-order valence-electron chi connectivity index (χ4n) is 5.39. The topological polar surface area (TPSA) is 118 Å². The highest BCUT2D eigenvalue weighted by Crippen LogP contribution is 2.38. The number of pyridine rings is 1. The standard InChI is InChI=1S/C31H35F8N5O4/c1-29(2,15-45)28(47)40-13-16-4-9-21(31(37,38)39)17(10-16)11-24-42-22-12-20(27(48-14-23(32)33)43-25(22)44(24)3)26(46)41-19-7-5-18(6-8-19)30(34,35)36/h4,9-10,12,18-19,23,45H,5-8,11,13-15H2,1-3H3,(H,40,47)(H,41,46). The van der Waals surface area contributed by atoms with Crippen LogP contribution in [0.3, 0.4) is 0 Å². The molecule has 0 radical (unpaired) electrons. The van der Waals surface area contributed by atoms with Crippen molar-refractivity contribution in [2.75, 3.05) is 13.2 Å². The van der Waals surface area contributed by atoms with Gasteiger partial charge in [-0.15, -0.1) is 0 Å². The van der Waals surface area contributed by atoms with E-state index < -0.39 is 72.6 Å². The van der Waals surface area contributed by atoms with Gasteiger partial charge in [-0.25, -0.2) is 13.8 Å². The van der Waals surface area contributed by atoms with Crippen LogP contribution < -0.4 is 15.4 Å². The molecule has 2 heterocycles. The molecule has 9 nitrogen and oxygen atoms in total. The number of aromatic nitrogens is 3. The number of rotatable bonds is 11. The van der Waals surface area contributed by atoms with E-state index in [-0.39, 0.29) is 66.8 Å². The van der Waals surface area contributed by atoms with Gasteiger partial charge < -0.3 is 25.0 Å². The molecule has 3 N–H and O–H groups in total. The van der Waals surface area contributed by atoms with Gasteiger partial charge in [0.2, 0.25) is 11.8 Å². The Morgan fingerprint density at radius 1 is 1.04 bits per heavy atom. The van der Waals surface area contributed by atoms with Crippen molar-refractivity contribution in [3.05, 3.63) is 52.3 Å². The molecule has 48 heavy (non-hydrogen) atoms. The second kappa shape index (κ2) is 14.2. The van der Waals surface area contributed by atoms with Crippen molar-refractivity contribution in [3.8, 4) is 5.88 Å². The average molecular weight is 694 g/mol. The number of halogens is 8. The second-order valence-electron chi connectivity index (χ2n) is 12.4. The normalized spacial score (nSPS) is 17.5. The molecule has 1 aliphatic carbocycles. The summed E-state index contributed by atoms with van der Waals surface area (Å²) in [5.41, 5.74) is -2.21. The average Bonchev–Trinajstić information content (AvgIpc) is 3.30. The lowest BCUT2D eigenvalue weighted by Gasteiger charge is -2.30. The van der Waals surface area contributed by atoms with Gasteiger partial charge in [-0.05, 0) is 62.8 Å². The Morgan fingerprint density at radius 2 is 1.71 bits per heavy atom. The molecule has 17 heteroatoms. The van der Waals surface area contributed by atoms with E-state index in [1.165, 1.54) is 43.7 Å². The quantitative estimate of drug-likeness (QED) is 0.222. The van der Waals surface area contributed by atoms with Crippen LogP contribution in [0.1, 0.15) is 72.4 Å². The molecule has 0 atom stereocenters. The van der Waals surface area contributed by atoms with Crippen molar-refractivity contribution in [1.82, 2.24) is 25.2 Å². The van der Waals surface area contributed by atoms with E-state index >= 15 is 0 Å². The summed E-state index contributed by atoms with van der Waals surface area (Å²) in [6.45, 7) is 1.30. The van der Waals surface area contributed by atoms with Gasteiger partial charge in [0.15, 0.2) is 12.3 Å². The van der Waals surface area contributed by atoms with Crippen LogP contribution in [-0.2, 0) is 31.0 Å². The minimum Gasteiger partial charge on any atom is -0.471 e. The molecule has 1 saturated carbocycles. The summed E-state index contributed by atoms with van der Waals surface area (Å²) < 4.78 is 114. The van der Waals surface area contributed by atoms with Crippen LogP contribution in [0.5, 0.6) is 5.88 Å². The molecule has 0 spiro atoms. The molecule has 0 saturated heterocycles. The number of aryl methyl sites for hydroxylation is 1. The summed E-state index contributed by atoms with van der Waals surface area (Å²) >= 11 is 0. The lowest BCUT2D eigenvalue weighted by atomic mass is 9.85. The first-order valence-corrected chi connectivity index (χ1v) is 15.0. The number of aliphatic hydroxyl groups is 1. The summed E-state index contributed by atoms with van der Waals surface area (Å²) in [5, 5.41) is 14.6. The number of imidazole rings is 1. The molecule has 0 aliphatic heterocycles. The van der Waals surface area contributed by atoms with Crippen LogP contribution in [0.2, 0.25) is 0 Å². The van der Waals surface area contributed by atoms with E-state index in [0.717, 1.165) is 6.07 Å². The zero-order valence-corrected chi connectivity index (χ0v) is 26.2. The number of hydrogen-bond donors (Lipinski definition) is 3. The molecule has 1 fully saturated rings. The number of nitrogens with one attached hydrogen (secondary N) is 2. The molecule has 1 aliphatic rings. The number of benzene rings is 1. The lowest BCUT2D eigenvalue weighted by molar-refractivity contribution is -0.182. The molecule has 0 bridgehead atoms. The number of amides is 2. The minimum atomic E-state index is -4.75. The van der Waals surface area contributed by atoms with Gasteiger partial charge in [0.05, 0.1) is 23.5 Å². The van der Waals surface area contributed by atoms with Crippen molar-refractivity contribution in [2.45, 2.75) is 77.3 Å². The van der Waals surface area contributed by atoms with Crippen LogP contribution in [0.15, 0.2) is 24.3 Å². The number of carbonyl (C=O) groups excluding carboxylic acids is 2. The zero-order chi connectivity index (χ0) is 35.6. The molecule has 1 aromatic carbocycles. The van der Waals surface area contributed by atoms with Crippen molar-refractivity contribution in [3.63, 3.8) is 0 Å². The van der Waals surface area contributed by atoms with Gasteiger partial charge in [-0.2, -0.15) is 31.3 Å². The fraction of sp³-hybridized carbons (Fsp3) is 0.548. The predicted octanol–water partition coefficient (Wildman–Crippen LogP) is 5.71. The number of alkyl halides is 8. The highest BCUT2D eigenvalue weighted by atomic mass is 19.4. The Balaban J connectivity index is 1.64. The third-order valence-electron chi connectivity index (χ3n) is 8.31. The van der Waals surface area contributed by atoms with E-state index in [1.807, 2.05) is 0 Å². The van der Waals surface area contributed by atoms with Crippen LogP contribution >= 0.6 is 0 Å². The number of fused-ring (bicyclic) bond motifs is 1. The summed E-state index contributed by atoms with van der Waals surface area (Å²) in [4.78, 5) is 34.1. The Bertz CT molecular complexity index is 1630. The highest BCUT2D eigenvalue weighted by Gasteiger charge is 2.42. The van der Waals surface area contributed by atoms with Crippen molar-refractivity contribution in [1.29, 1.82) is 0 Å².